The summed E-state index contributed by atoms with van der Waals surface area (Å²) in [6.07, 6.45) is 0.837. The van der Waals surface area contributed by atoms with Crippen LogP contribution in [0, 0.1) is 0 Å². The van der Waals surface area contributed by atoms with Gasteiger partial charge in [0.05, 0.1) is 6.61 Å². The first-order valence-corrected chi connectivity index (χ1v) is 5.65. The monoisotopic (exact) mass is 252 g/mol. The number of nitrogens with one attached hydrogen (secondary N) is 1. The lowest BCUT2D eigenvalue weighted by atomic mass is 10.0. The zero-order valence-corrected chi connectivity index (χ0v) is 10.2. The van der Waals surface area contributed by atoms with E-state index in [-0.39, 0.29) is 11.3 Å². The number of carbonyl (C=O) groups excluding carboxylic acids is 1. The highest BCUT2D eigenvalue weighted by Gasteiger charge is 2.34. The lowest BCUT2D eigenvalue weighted by Gasteiger charge is -2.25. The van der Waals surface area contributed by atoms with Crippen LogP contribution in [0.15, 0.2) is 12.1 Å². The van der Waals surface area contributed by atoms with E-state index in [4.69, 9.17) is 15.2 Å². The van der Waals surface area contributed by atoms with Crippen LogP contribution >= 0.6 is 0 Å². The molecule has 1 aromatic heterocycles. The predicted octanol–water partition coefficient (Wildman–Crippen LogP) is -0.207. The summed E-state index contributed by atoms with van der Waals surface area (Å²) in [5.74, 6) is -0.0186. The van der Waals surface area contributed by atoms with Crippen LogP contribution in [0.4, 0.5) is 5.82 Å². The fraction of sp³-hybridized carbons (Fsp3) is 0.545. The number of nitrogens with two attached hydrogens (primary N) is 1. The molecule has 0 aliphatic carbocycles. The average molecular weight is 252 g/mol. The van der Waals surface area contributed by atoms with E-state index in [1.165, 1.54) is 6.07 Å². The van der Waals surface area contributed by atoms with Gasteiger partial charge in [-0.2, -0.15) is 0 Å². The van der Waals surface area contributed by atoms with Crippen LogP contribution < -0.4 is 11.1 Å². The molecule has 0 bridgehead atoms. The minimum absolute atomic E-state index is 0.145. The topological polar surface area (TPSA) is 99.4 Å². The van der Waals surface area contributed by atoms with E-state index in [9.17, 15) is 4.79 Å². The molecule has 0 saturated carbocycles. The molecule has 1 aliphatic heterocycles. The van der Waals surface area contributed by atoms with E-state index < -0.39 is 5.91 Å². The minimum atomic E-state index is -0.591. The van der Waals surface area contributed by atoms with Crippen LogP contribution in [0.25, 0.3) is 0 Å². The van der Waals surface area contributed by atoms with Gasteiger partial charge in [-0.3, -0.25) is 4.79 Å². The molecule has 7 nitrogen and oxygen atoms in total. The highest BCUT2D eigenvalue weighted by molar-refractivity contribution is 5.90. The number of methoxy groups -OCH3 is 1. The van der Waals surface area contributed by atoms with Crippen molar-refractivity contribution in [3.63, 3.8) is 0 Å². The first kappa shape index (κ1) is 12.7. The number of ether oxygens (including phenoxy) is 2. The standard InChI is InChI=1S/C11H16N4O3/c1-17-11(4-5-18-7-11)6-13-9-3-2-8(10(12)16)14-15-9/h2-3H,4-7H2,1H3,(H2,12,16)(H,13,15). The first-order valence-electron chi connectivity index (χ1n) is 5.65. The van der Waals surface area contributed by atoms with E-state index in [2.05, 4.69) is 15.5 Å². The van der Waals surface area contributed by atoms with Gasteiger partial charge in [0.25, 0.3) is 5.91 Å². The maximum atomic E-state index is 10.8. The Kier molecular flexibility index (Phi) is 3.73. The number of aromatic nitrogens is 2. The number of rotatable bonds is 5. The molecule has 1 saturated heterocycles. The molecule has 3 N–H and O–H groups in total. The highest BCUT2D eigenvalue weighted by Crippen LogP contribution is 2.22. The van der Waals surface area contributed by atoms with Crippen LogP contribution in [0.2, 0.25) is 0 Å². The third-order valence-electron chi connectivity index (χ3n) is 3.01. The third kappa shape index (κ3) is 2.74. The van der Waals surface area contributed by atoms with Crippen molar-refractivity contribution in [2.75, 3.05) is 32.2 Å². The number of hydrogen-bond acceptors (Lipinski definition) is 6. The molecule has 0 aromatic carbocycles. The van der Waals surface area contributed by atoms with Crippen molar-refractivity contribution in [3.8, 4) is 0 Å². The molecule has 1 aliphatic rings. The predicted molar refractivity (Wildman–Crippen MR) is 64.2 cm³/mol. The number of carbonyl (C=O) groups is 1. The number of primary amides is 1. The summed E-state index contributed by atoms with van der Waals surface area (Å²) < 4.78 is 10.8. The van der Waals surface area contributed by atoms with Gasteiger partial charge in [-0.1, -0.05) is 0 Å². The largest absolute Gasteiger partial charge is 0.378 e. The minimum Gasteiger partial charge on any atom is -0.378 e. The molecule has 2 rings (SSSR count). The van der Waals surface area contributed by atoms with E-state index in [1.54, 1.807) is 13.2 Å². The van der Waals surface area contributed by atoms with E-state index >= 15 is 0 Å². The molecule has 1 aromatic rings. The average Bonchev–Trinajstić information content (AvgIpc) is 2.86. The van der Waals surface area contributed by atoms with Gasteiger partial charge in [0.2, 0.25) is 0 Å². The van der Waals surface area contributed by atoms with Crippen molar-refractivity contribution in [3.05, 3.63) is 17.8 Å². The Hall–Kier alpha value is -1.73. The van der Waals surface area contributed by atoms with Gasteiger partial charge in [0.1, 0.15) is 11.4 Å². The summed E-state index contributed by atoms with van der Waals surface area (Å²) in [5.41, 5.74) is 4.91. The summed E-state index contributed by atoms with van der Waals surface area (Å²) >= 11 is 0. The Bertz CT molecular complexity index is 415. The molecule has 0 spiro atoms. The van der Waals surface area contributed by atoms with Crippen LogP contribution in [0.1, 0.15) is 16.9 Å². The second-order valence-electron chi connectivity index (χ2n) is 4.21. The molecule has 2 heterocycles. The molecule has 18 heavy (non-hydrogen) atoms. The van der Waals surface area contributed by atoms with E-state index in [0.29, 0.717) is 25.6 Å². The zero-order valence-electron chi connectivity index (χ0n) is 10.2. The Morgan fingerprint density at radius 3 is 2.94 bits per heavy atom. The summed E-state index contributed by atoms with van der Waals surface area (Å²) in [6, 6.07) is 3.19. The zero-order chi connectivity index (χ0) is 13.0. The smallest absolute Gasteiger partial charge is 0.269 e. The molecule has 1 atom stereocenters. The van der Waals surface area contributed by atoms with Crippen molar-refractivity contribution in [2.45, 2.75) is 12.0 Å². The number of hydrogen-bond donors (Lipinski definition) is 2. The van der Waals surface area contributed by atoms with Gasteiger partial charge in [-0.05, 0) is 12.1 Å². The lowest BCUT2D eigenvalue weighted by Crippen LogP contribution is -2.39. The van der Waals surface area contributed by atoms with Crippen molar-refractivity contribution >= 4 is 11.7 Å². The van der Waals surface area contributed by atoms with Gasteiger partial charge in [0, 0.05) is 26.7 Å². The van der Waals surface area contributed by atoms with Crippen LogP contribution in [-0.2, 0) is 9.47 Å². The van der Waals surface area contributed by atoms with E-state index in [1.807, 2.05) is 0 Å². The van der Waals surface area contributed by atoms with Crippen LogP contribution in [0.5, 0.6) is 0 Å². The quantitative estimate of drug-likeness (QED) is 0.752. The van der Waals surface area contributed by atoms with Gasteiger partial charge in [0.15, 0.2) is 5.69 Å². The molecule has 1 unspecified atom stereocenters. The first-order chi connectivity index (χ1) is 8.65. The summed E-state index contributed by atoms with van der Waals surface area (Å²) in [7, 11) is 1.66. The number of amides is 1. The summed E-state index contributed by atoms with van der Waals surface area (Å²) in [5, 5.41) is 10.7. The van der Waals surface area contributed by atoms with Crippen molar-refractivity contribution < 1.29 is 14.3 Å². The fourth-order valence-corrected chi connectivity index (χ4v) is 1.77. The second kappa shape index (κ2) is 5.28. The Morgan fingerprint density at radius 2 is 2.44 bits per heavy atom. The highest BCUT2D eigenvalue weighted by atomic mass is 16.5. The molecule has 98 valence electrons. The molecular weight excluding hydrogens is 236 g/mol. The lowest BCUT2D eigenvalue weighted by molar-refractivity contribution is -0.00626. The van der Waals surface area contributed by atoms with Crippen molar-refractivity contribution in [1.29, 1.82) is 0 Å². The van der Waals surface area contributed by atoms with Crippen LogP contribution in [-0.4, -0.2) is 48.6 Å². The Labute approximate surface area is 105 Å². The SMILES string of the molecule is COC1(CNc2ccc(C(N)=O)nn2)CCOC1. The molecule has 7 heteroatoms. The molecule has 1 amide bonds. The molecule has 1 fully saturated rings. The third-order valence-corrected chi connectivity index (χ3v) is 3.01. The van der Waals surface area contributed by atoms with Crippen molar-refractivity contribution in [2.24, 2.45) is 5.73 Å². The fourth-order valence-electron chi connectivity index (χ4n) is 1.77. The van der Waals surface area contributed by atoms with E-state index in [0.717, 1.165) is 6.42 Å². The van der Waals surface area contributed by atoms with Crippen molar-refractivity contribution in [1.82, 2.24) is 10.2 Å². The number of nitrogens with zero attached hydrogens (tertiary/aromatic N) is 2. The Balaban J connectivity index is 1.95. The van der Waals surface area contributed by atoms with Gasteiger partial charge in [-0.25, -0.2) is 0 Å². The van der Waals surface area contributed by atoms with Gasteiger partial charge in [-0.15, -0.1) is 10.2 Å². The normalized spacial score (nSPS) is 22.9. The van der Waals surface area contributed by atoms with Gasteiger partial charge >= 0.3 is 0 Å². The maximum absolute atomic E-state index is 10.8. The second-order valence-corrected chi connectivity index (χ2v) is 4.21. The van der Waals surface area contributed by atoms with Gasteiger partial charge < -0.3 is 20.5 Å². The maximum Gasteiger partial charge on any atom is 0.269 e. The Morgan fingerprint density at radius 1 is 1.61 bits per heavy atom. The number of anilines is 1. The molecule has 0 radical (unpaired) electrons. The van der Waals surface area contributed by atoms with Crippen LogP contribution in [0.3, 0.4) is 0 Å². The summed E-state index contributed by atoms with van der Waals surface area (Å²) in [6.45, 7) is 1.83. The molecular formula is C11H16N4O3. The summed E-state index contributed by atoms with van der Waals surface area (Å²) in [4.78, 5) is 10.8.